The van der Waals surface area contributed by atoms with Gasteiger partial charge in [0.15, 0.2) is 5.13 Å². The Labute approximate surface area is 186 Å². The Morgan fingerprint density at radius 2 is 2.19 bits per heavy atom. The number of cyclic esters (lactones) is 1. The molecule has 3 amide bonds. The van der Waals surface area contributed by atoms with Crippen LogP contribution in [-0.2, 0) is 9.53 Å². The number of halogens is 1. The summed E-state index contributed by atoms with van der Waals surface area (Å²) in [6.45, 7) is 3.55. The lowest BCUT2D eigenvalue weighted by atomic mass is 10.2. The van der Waals surface area contributed by atoms with Crippen molar-refractivity contribution in [1.82, 2.24) is 19.9 Å². The molecule has 1 fully saturated rings. The van der Waals surface area contributed by atoms with Crippen molar-refractivity contribution in [3.63, 3.8) is 0 Å². The van der Waals surface area contributed by atoms with Crippen molar-refractivity contribution in [2.45, 2.75) is 20.0 Å². The maximum atomic E-state index is 14.8. The van der Waals surface area contributed by atoms with Crippen LogP contribution >= 0.6 is 11.3 Å². The van der Waals surface area contributed by atoms with E-state index in [2.05, 4.69) is 20.6 Å². The molecule has 1 saturated heterocycles. The minimum Gasteiger partial charge on any atom is -0.442 e. The number of hydrogen-bond acceptors (Lipinski definition) is 7. The molecule has 1 aromatic carbocycles. The summed E-state index contributed by atoms with van der Waals surface area (Å²) in [5.74, 6) is -1.30. The summed E-state index contributed by atoms with van der Waals surface area (Å²) in [6, 6.07) is 4.25. The number of ether oxygens (including phenoxy) is 1. The van der Waals surface area contributed by atoms with Crippen LogP contribution in [0.1, 0.15) is 23.1 Å². The molecule has 10 nitrogen and oxygen atoms in total. The quantitative estimate of drug-likeness (QED) is 0.586. The fourth-order valence-corrected chi connectivity index (χ4v) is 3.80. The van der Waals surface area contributed by atoms with Gasteiger partial charge in [-0.3, -0.25) is 19.8 Å². The third-order valence-electron chi connectivity index (χ3n) is 4.63. The standard InChI is InChI=1S/C20H19FN6O4S/c1-11-9-32-19(24-11)25-18(29)16-8-26(10-23-16)17-4-3-13(5-15(17)21)27-7-14(31-20(27)30)6-22-12(2)28/h3-5,8-10,14H,6-7H2,1-2H3,(H,22,28)(H,24,25,29). The minimum atomic E-state index is -0.619. The summed E-state index contributed by atoms with van der Waals surface area (Å²) < 4.78 is 21.4. The highest BCUT2D eigenvalue weighted by Gasteiger charge is 2.32. The average Bonchev–Trinajstić information content (AvgIpc) is 3.46. The molecule has 32 heavy (non-hydrogen) atoms. The molecule has 0 saturated carbocycles. The summed E-state index contributed by atoms with van der Waals surface area (Å²) in [5.41, 5.74) is 1.37. The number of nitrogens with one attached hydrogen (secondary N) is 2. The highest BCUT2D eigenvalue weighted by atomic mass is 32.1. The number of anilines is 2. The molecule has 0 aliphatic carbocycles. The predicted octanol–water partition coefficient (Wildman–Crippen LogP) is 2.49. The van der Waals surface area contributed by atoms with Crippen molar-refractivity contribution in [2.75, 3.05) is 23.3 Å². The van der Waals surface area contributed by atoms with Crippen LogP contribution in [0.2, 0.25) is 0 Å². The largest absolute Gasteiger partial charge is 0.442 e. The van der Waals surface area contributed by atoms with E-state index >= 15 is 0 Å². The lowest BCUT2D eigenvalue weighted by Crippen LogP contribution is -2.33. The van der Waals surface area contributed by atoms with E-state index in [9.17, 15) is 18.8 Å². The monoisotopic (exact) mass is 458 g/mol. The van der Waals surface area contributed by atoms with Crippen molar-refractivity contribution >= 4 is 40.1 Å². The molecule has 1 aliphatic heterocycles. The van der Waals surface area contributed by atoms with Crippen molar-refractivity contribution in [1.29, 1.82) is 0 Å². The van der Waals surface area contributed by atoms with E-state index < -0.39 is 23.9 Å². The van der Waals surface area contributed by atoms with Gasteiger partial charge in [-0.2, -0.15) is 0 Å². The number of amides is 3. The summed E-state index contributed by atoms with van der Waals surface area (Å²) in [5, 5.41) is 7.49. The molecule has 1 aliphatic rings. The number of hydrogen-bond donors (Lipinski definition) is 2. The molecule has 3 heterocycles. The van der Waals surface area contributed by atoms with Crippen LogP contribution in [0.5, 0.6) is 0 Å². The number of carbonyl (C=O) groups excluding carboxylic acids is 3. The van der Waals surface area contributed by atoms with E-state index in [1.54, 1.807) is 6.07 Å². The molecule has 12 heteroatoms. The van der Waals surface area contributed by atoms with E-state index in [1.807, 2.05) is 12.3 Å². The fraction of sp³-hybridized carbons (Fsp3) is 0.250. The molecular formula is C20H19FN6O4S. The highest BCUT2D eigenvalue weighted by molar-refractivity contribution is 7.13. The Kier molecular flexibility index (Phi) is 5.86. The SMILES string of the molecule is CC(=O)NCC1CN(c2ccc(-n3cnc(C(=O)Nc4nc(C)cs4)c3)c(F)c2)C(=O)O1. The van der Waals surface area contributed by atoms with Gasteiger partial charge in [0.2, 0.25) is 5.91 Å². The third-order valence-corrected chi connectivity index (χ3v) is 5.50. The summed E-state index contributed by atoms with van der Waals surface area (Å²) in [7, 11) is 0. The number of aromatic nitrogens is 3. The molecule has 0 spiro atoms. The molecule has 4 rings (SSSR count). The van der Waals surface area contributed by atoms with Gasteiger partial charge < -0.3 is 14.6 Å². The Balaban J connectivity index is 1.46. The van der Waals surface area contributed by atoms with Crippen molar-refractivity contribution in [3.05, 3.63) is 53.3 Å². The summed E-state index contributed by atoms with van der Waals surface area (Å²) >= 11 is 1.30. The Morgan fingerprint density at radius 1 is 1.38 bits per heavy atom. The predicted molar refractivity (Wildman–Crippen MR) is 115 cm³/mol. The maximum Gasteiger partial charge on any atom is 0.414 e. The zero-order valence-corrected chi connectivity index (χ0v) is 18.0. The first-order valence-electron chi connectivity index (χ1n) is 9.60. The van der Waals surface area contributed by atoms with E-state index in [0.717, 1.165) is 5.69 Å². The zero-order valence-electron chi connectivity index (χ0n) is 17.2. The van der Waals surface area contributed by atoms with E-state index in [-0.39, 0.29) is 30.4 Å². The highest BCUT2D eigenvalue weighted by Crippen LogP contribution is 2.26. The minimum absolute atomic E-state index is 0.102. The van der Waals surface area contributed by atoms with Gasteiger partial charge >= 0.3 is 6.09 Å². The maximum absolute atomic E-state index is 14.8. The molecule has 0 radical (unpaired) electrons. The molecule has 1 unspecified atom stereocenters. The molecule has 166 valence electrons. The molecule has 1 atom stereocenters. The van der Waals surface area contributed by atoms with Gasteiger partial charge in [-0.05, 0) is 25.1 Å². The zero-order chi connectivity index (χ0) is 22.8. The van der Waals surface area contributed by atoms with Crippen LogP contribution in [0, 0.1) is 12.7 Å². The van der Waals surface area contributed by atoms with Gasteiger partial charge in [0.1, 0.15) is 23.9 Å². The second-order valence-corrected chi connectivity index (χ2v) is 7.96. The average molecular weight is 458 g/mol. The van der Waals surface area contributed by atoms with Gasteiger partial charge in [0.25, 0.3) is 5.91 Å². The number of benzene rings is 1. The number of carbonyl (C=O) groups is 3. The van der Waals surface area contributed by atoms with Gasteiger partial charge in [-0.25, -0.2) is 19.2 Å². The van der Waals surface area contributed by atoms with Crippen LogP contribution in [0.25, 0.3) is 5.69 Å². The lowest BCUT2D eigenvalue weighted by molar-refractivity contribution is -0.119. The Morgan fingerprint density at radius 3 is 2.88 bits per heavy atom. The second kappa shape index (κ2) is 8.75. The van der Waals surface area contributed by atoms with Gasteiger partial charge in [0.05, 0.1) is 30.2 Å². The van der Waals surface area contributed by atoms with Crippen LogP contribution in [0.3, 0.4) is 0 Å². The van der Waals surface area contributed by atoms with Crippen LogP contribution in [0.4, 0.5) is 20.0 Å². The molecule has 2 aromatic heterocycles. The normalized spacial score (nSPS) is 15.5. The van der Waals surface area contributed by atoms with Gasteiger partial charge in [-0.1, -0.05) is 0 Å². The third kappa shape index (κ3) is 4.59. The number of imidazole rings is 1. The first-order valence-corrected chi connectivity index (χ1v) is 10.5. The summed E-state index contributed by atoms with van der Waals surface area (Å²) in [6.07, 6.45) is 1.59. The second-order valence-electron chi connectivity index (χ2n) is 7.10. The first kappa shape index (κ1) is 21.4. The van der Waals surface area contributed by atoms with Gasteiger partial charge in [0, 0.05) is 18.5 Å². The van der Waals surface area contributed by atoms with Crippen molar-refractivity contribution in [2.24, 2.45) is 0 Å². The van der Waals surface area contributed by atoms with Crippen LogP contribution in [-0.4, -0.2) is 51.6 Å². The number of aryl methyl sites for hydroxylation is 1. The van der Waals surface area contributed by atoms with E-state index in [0.29, 0.717) is 10.8 Å². The van der Waals surface area contributed by atoms with Crippen molar-refractivity contribution in [3.8, 4) is 5.69 Å². The lowest BCUT2D eigenvalue weighted by Gasteiger charge is -2.14. The van der Waals surface area contributed by atoms with E-state index in [1.165, 1.54) is 52.4 Å². The fourth-order valence-electron chi connectivity index (χ4n) is 3.11. The Bertz CT molecular complexity index is 1190. The number of nitrogens with zero attached hydrogens (tertiary/aromatic N) is 4. The number of thiazole rings is 1. The molecule has 2 N–H and O–H groups in total. The van der Waals surface area contributed by atoms with E-state index in [4.69, 9.17) is 4.74 Å². The Hall–Kier alpha value is -3.80. The van der Waals surface area contributed by atoms with Crippen molar-refractivity contribution < 1.29 is 23.5 Å². The smallest absolute Gasteiger partial charge is 0.414 e. The molecule has 3 aromatic rings. The molecule has 0 bridgehead atoms. The van der Waals surface area contributed by atoms with Crippen LogP contribution < -0.4 is 15.5 Å². The topological polar surface area (TPSA) is 118 Å². The van der Waals surface area contributed by atoms with Gasteiger partial charge in [-0.15, -0.1) is 11.3 Å². The first-order chi connectivity index (χ1) is 15.3. The number of rotatable bonds is 6. The van der Waals surface area contributed by atoms with Crippen LogP contribution in [0.15, 0.2) is 36.1 Å². The summed E-state index contributed by atoms with van der Waals surface area (Å²) in [4.78, 5) is 45.0. The molecular weight excluding hydrogens is 439 g/mol.